The molecule has 1 fully saturated rings. The minimum absolute atomic E-state index is 0.0441. The summed E-state index contributed by atoms with van der Waals surface area (Å²) in [5.41, 5.74) is 3.60. The summed E-state index contributed by atoms with van der Waals surface area (Å²) >= 11 is 0. The topological polar surface area (TPSA) is 71.0 Å². The zero-order chi connectivity index (χ0) is 18.5. The molecule has 4 rings (SSSR count). The van der Waals surface area contributed by atoms with Crippen molar-refractivity contribution in [2.75, 3.05) is 13.1 Å². The summed E-state index contributed by atoms with van der Waals surface area (Å²) in [4.78, 5) is 28.2. The summed E-state index contributed by atoms with van der Waals surface area (Å²) in [6, 6.07) is 5.98. The van der Waals surface area contributed by atoms with Gasteiger partial charge in [-0.1, -0.05) is 25.3 Å². The van der Waals surface area contributed by atoms with Crippen LogP contribution in [0.2, 0.25) is 0 Å². The standard InChI is InChI=1S/C21H27N5O/c27-21(23-12-16-6-2-1-3-7-16)20-18-9-11-26(14-19(18)24-15-25-20)13-17-8-4-5-10-22-17/h4-5,8,10,15-16H,1-3,6-7,9,11-14H2,(H,23,27). The lowest BCUT2D eigenvalue weighted by molar-refractivity contribution is 0.0935. The third-order valence-corrected chi connectivity index (χ3v) is 5.69. The molecule has 142 valence electrons. The molecular weight excluding hydrogens is 338 g/mol. The zero-order valence-electron chi connectivity index (χ0n) is 15.7. The molecule has 1 aliphatic carbocycles. The smallest absolute Gasteiger partial charge is 0.270 e. The third-order valence-electron chi connectivity index (χ3n) is 5.69. The first kappa shape index (κ1) is 18.0. The Balaban J connectivity index is 1.40. The van der Waals surface area contributed by atoms with E-state index < -0.39 is 0 Å². The maximum absolute atomic E-state index is 12.7. The van der Waals surface area contributed by atoms with E-state index in [1.165, 1.54) is 38.4 Å². The van der Waals surface area contributed by atoms with Crippen molar-refractivity contribution in [1.82, 2.24) is 25.2 Å². The molecule has 6 heteroatoms. The van der Waals surface area contributed by atoms with Crippen molar-refractivity contribution in [1.29, 1.82) is 0 Å². The Hall–Kier alpha value is -2.34. The first-order valence-corrected chi connectivity index (χ1v) is 10.0. The molecule has 0 saturated heterocycles. The van der Waals surface area contributed by atoms with Crippen molar-refractivity contribution in [2.24, 2.45) is 5.92 Å². The minimum Gasteiger partial charge on any atom is -0.350 e. The molecule has 3 heterocycles. The molecule has 0 unspecified atom stereocenters. The zero-order valence-corrected chi connectivity index (χ0v) is 15.7. The maximum atomic E-state index is 12.7. The summed E-state index contributed by atoms with van der Waals surface area (Å²) in [5.74, 6) is 0.576. The molecule has 1 N–H and O–H groups in total. The first-order valence-electron chi connectivity index (χ1n) is 10.0. The molecular formula is C21H27N5O. The lowest BCUT2D eigenvalue weighted by Crippen LogP contribution is -2.35. The molecule has 27 heavy (non-hydrogen) atoms. The molecule has 1 aliphatic heterocycles. The molecule has 0 radical (unpaired) electrons. The van der Waals surface area contributed by atoms with Crippen LogP contribution in [0.3, 0.4) is 0 Å². The van der Waals surface area contributed by atoms with Gasteiger partial charge in [0.1, 0.15) is 12.0 Å². The second kappa shape index (κ2) is 8.57. The quantitative estimate of drug-likeness (QED) is 0.882. The lowest BCUT2D eigenvalue weighted by atomic mass is 9.89. The van der Waals surface area contributed by atoms with Gasteiger partial charge in [-0.05, 0) is 37.3 Å². The number of nitrogens with zero attached hydrogens (tertiary/aromatic N) is 4. The van der Waals surface area contributed by atoms with Crippen molar-refractivity contribution >= 4 is 5.91 Å². The fraction of sp³-hybridized carbons (Fsp3) is 0.524. The third kappa shape index (κ3) is 4.50. The lowest BCUT2D eigenvalue weighted by Gasteiger charge is -2.28. The number of nitrogens with one attached hydrogen (secondary N) is 1. The van der Waals surface area contributed by atoms with Crippen molar-refractivity contribution in [2.45, 2.75) is 51.6 Å². The Bertz CT molecular complexity index is 773. The number of carbonyl (C=O) groups excluding carboxylic acids is 1. The number of hydrogen-bond donors (Lipinski definition) is 1. The van der Waals surface area contributed by atoms with Gasteiger partial charge in [-0.2, -0.15) is 0 Å². The molecule has 0 spiro atoms. The molecule has 6 nitrogen and oxygen atoms in total. The monoisotopic (exact) mass is 365 g/mol. The molecule has 1 amide bonds. The number of carbonyl (C=O) groups is 1. The Kier molecular flexibility index (Phi) is 5.72. The highest BCUT2D eigenvalue weighted by Gasteiger charge is 2.24. The number of aromatic nitrogens is 3. The van der Waals surface area contributed by atoms with Crippen LogP contribution in [0.5, 0.6) is 0 Å². The molecule has 2 aromatic heterocycles. The van der Waals surface area contributed by atoms with Gasteiger partial charge in [-0.25, -0.2) is 9.97 Å². The predicted molar refractivity (Wildman–Crippen MR) is 103 cm³/mol. The van der Waals surface area contributed by atoms with Crippen LogP contribution in [0.1, 0.15) is 59.5 Å². The van der Waals surface area contributed by atoms with Crippen LogP contribution in [0.4, 0.5) is 0 Å². The van der Waals surface area contributed by atoms with Crippen LogP contribution in [0.15, 0.2) is 30.7 Å². The van der Waals surface area contributed by atoms with E-state index in [1.54, 1.807) is 0 Å². The summed E-state index contributed by atoms with van der Waals surface area (Å²) in [7, 11) is 0. The fourth-order valence-electron chi connectivity index (χ4n) is 4.17. The highest BCUT2D eigenvalue weighted by Crippen LogP contribution is 2.23. The minimum atomic E-state index is -0.0441. The van der Waals surface area contributed by atoms with E-state index >= 15 is 0 Å². The highest BCUT2D eigenvalue weighted by molar-refractivity contribution is 5.93. The van der Waals surface area contributed by atoms with Gasteiger partial charge in [0.25, 0.3) is 5.91 Å². The maximum Gasteiger partial charge on any atom is 0.270 e. The Labute approximate surface area is 160 Å². The number of fused-ring (bicyclic) bond motifs is 1. The average molecular weight is 365 g/mol. The number of amides is 1. The highest BCUT2D eigenvalue weighted by atomic mass is 16.1. The molecule has 0 atom stereocenters. The van der Waals surface area contributed by atoms with Gasteiger partial charge in [-0.3, -0.25) is 14.7 Å². The summed E-state index contributed by atoms with van der Waals surface area (Å²) in [6.45, 7) is 3.19. The van der Waals surface area contributed by atoms with Crippen molar-refractivity contribution in [3.05, 3.63) is 53.4 Å². The van der Waals surface area contributed by atoms with Crippen LogP contribution in [-0.4, -0.2) is 38.8 Å². The van der Waals surface area contributed by atoms with E-state index in [9.17, 15) is 4.79 Å². The normalized spacial score (nSPS) is 18.1. The van der Waals surface area contributed by atoms with Crippen LogP contribution >= 0.6 is 0 Å². The second-order valence-electron chi connectivity index (χ2n) is 7.64. The van der Waals surface area contributed by atoms with E-state index in [-0.39, 0.29) is 5.91 Å². The Morgan fingerprint density at radius 3 is 2.85 bits per heavy atom. The fourth-order valence-corrected chi connectivity index (χ4v) is 4.17. The van der Waals surface area contributed by atoms with Crippen molar-refractivity contribution < 1.29 is 4.79 Å². The van der Waals surface area contributed by atoms with Crippen molar-refractivity contribution in [3.63, 3.8) is 0 Å². The van der Waals surface area contributed by atoms with E-state index in [0.717, 1.165) is 49.6 Å². The van der Waals surface area contributed by atoms with Gasteiger partial charge >= 0.3 is 0 Å². The van der Waals surface area contributed by atoms with Gasteiger partial charge < -0.3 is 5.32 Å². The van der Waals surface area contributed by atoms with Gasteiger partial charge in [0, 0.05) is 37.9 Å². The summed E-state index contributed by atoms with van der Waals surface area (Å²) < 4.78 is 0. The van der Waals surface area contributed by atoms with Gasteiger partial charge in [0.05, 0.1) is 11.4 Å². The number of hydrogen-bond acceptors (Lipinski definition) is 5. The van der Waals surface area contributed by atoms with Crippen molar-refractivity contribution in [3.8, 4) is 0 Å². The average Bonchev–Trinajstić information content (AvgIpc) is 2.73. The Morgan fingerprint density at radius 1 is 1.15 bits per heavy atom. The second-order valence-corrected chi connectivity index (χ2v) is 7.64. The van der Waals surface area contributed by atoms with Crippen LogP contribution < -0.4 is 5.32 Å². The molecule has 1 saturated carbocycles. The van der Waals surface area contributed by atoms with Gasteiger partial charge in [-0.15, -0.1) is 0 Å². The Morgan fingerprint density at radius 2 is 2.04 bits per heavy atom. The molecule has 0 bridgehead atoms. The first-order chi connectivity index (χ1) is 13.3. The molecule has 2 aliphatic rings. The van der Waals surface area contributed by atoms with Crippen LogP contribution in [-0.2, 0) is 19.5 Å². The van der Waals surface area contributed by atoms with Crippen LogP contribution in [0, 0.1) is 5.92 Å². The number of rotatable bonds is 5. The predicted octanol–water partition coefficient (Wildman–Crippen LogP) is 2.74. The van der Waals surface area contributed by atoms with E-state index in [0.29, 0.717) is 11.6 Å². The summed E-state index contributed by atoms with van der Waals surface area (Å²) in [5, 5.41) is 3.12. The van der Waals surface area contributed by atoms with E-state index in [1.807, 2.05) is 24.4 Å². The van der Waals surface area contributed by atoms with Gasteiger partial charge in [0.2, 0.25) is 0 Å². The number of pyridine rings is 1. The largest absolute Gasteiger partial charge is 0.350 e. The van der Waals surface area contributed by atoms with Gasteiger partial charge in [0.15, 0.2) is 0 Å². The van der Waals surface area contributed by atoms with Crippen LogP contribution in [0.25, 0.3) is 0 Å². The SMILES string of the molecule is O=C(NCC1CCCCC1)c1ncnc2c1CCN(Cc1ccccn1)C2. The molecule has 0 aromatic carbocycles. The summed E-state index contributed by atoms with van der Waals surface area (Å²) in [6.07, 6.45) is 10.5. The molecule has 2 aromatic rings. The van der Waals surface area contributed by atoms with E-state index in [2.05, 4.69) is 25.2 Å². The van der Waals surface area contributed by atoms with E-state index in [4.69, 9.17) is 0 Å².